The quantitative estimate of drug-likeness (QED) is 0.391. The van der Waals surface area contributed by atoms with Gasteiger partial charge >= 0.3 is 0 Å². The molecular formula is C25H27N3O4S. The van der Waals surface area contributed by atoms with Crippen LogP contribution in [0, 0.1) is 6.92 Å². The topological polar surface area (TPSA) is 87.7 Å². The Morgan fingerprint density at radius 2 is 1.85 bits per heavy atom. The van der Waals surface area contributed by atoms with Crippen LogP contribution < -0.4 is 15.0 Å². The summed E-state index contributed by atoms with van der Waals surface area (Å²) in [6.45, 7) is 2.97. The van der Waals surface area contributed by atoms with Crippen LogP contribution in [-0.2, 0) is 6.54 Å². The number of aromatic amines is 1. The van der Waals surface area contributed by atoms with Crippen molar-refractivity contribution in [3.8, 4) is 22.6 Å². The monoisotopic (exact) mass is 465 g/mol. The van der Waals surface area contributed by atoms with Crippen molar-refractivity contribution >= 4 is 21.6 Å². The Morgan fingerprint density at radius 3 is 2.58 bits per heavy atom. The maximum Gasteiger partial charge on any atom is 0.260 e. The smallest absolute Gasteiger partial charge is 0.260 e. The predicted octanol–water partition coefficient (Wildman–Crippen LogP) is 3.84. The molecule has 4 rings (SSSR count). The zero-order valence-corrected chi connectivity index (χ0v) is 19.7. The van der Waals surface area contributed by atoms with Crippen LogP contribution in [0.25, 0.3) is 21.3 Å². The molecule has 7 nitrogen and oxygen atoms in total. The number of hydrogen-bond donors (Lipinski definition) is 2. The molecule has 0 aliphatic carbocycles. The van der Waals surface area contributed by atoms with Crippen molar-refractivity contribution in [3.63, 3.8) is 0 Å². The molecule has 1 unspecified atom stereocenters. The largest absolute Gasteiger partial charge is 0.497 e. The van der Waals surface area contributed by atoms with Crippen molar-refractivity contribution in [1.29, 1.82) is 0 Å². The van der Waals surface area contributed by atoms with Crippen molar-refractivity contribution in [1.82, 2.24) is 14.9 Å². The van der Waals surface area contributed by atoms with Crippen LogP contribution in [-0.4, -0.2) is 53.4 Å². The molecule has 0 spiro atoms. The predicted molar refractivity (Wildman–Crippen MR) is 131 cm³/mol. The van der Waals surface area contributed by atoms with E-state index in [4.69, 9.17) is 9.47 Å². The fourth-order valence-electron chi connectivity index (χ4n) is 3.74. The minimum atomic E-state index is -0.693. The number of aryl methyl sites for hydroxylation is 1. The number of aliphatic hydroxyl groups is 1. The molecule has 2 N–H and O–H groups in total. The normalized spacial score (nSPS) is 12.3. The lowest BCUT2D eigenvalue weighted by Crippen LogP contribution is -2.33. The summed E-state index contributed by atoms with van der Waals surface area (Å²) in [7, 11) is 3.48. The molecule has 0 saturated heterocycles. The van der Waals surface area contributed by atoms with Gasteiger partial charge in [0.05, 0.1) is 19.0 Å². The molecule has 8 heteroatoms. The first-order chi connectivity index (χ1) is 15.9. The molecule has 0 aliphatic heterocycles. The van der Waals surface area contributed by atoms with Crippen molar-refractivity contribution < 1.29 is 14.6 Å². The summed E-state index contributed by atoms with van der Waals surface area (Å²) in [5.41, 5.74) is 2.92. The van der Waals surface area contributed by atoms with Crippen molar-refractivity contribution in [3.05, 3.63) is 75.7 Å². The molecule has 0 saturated carbocycles. The van der Waals surface area contributed by atoms with Gasteiger partial charge in [-0.2, -0.15) is 0 Å². The molecule has 172 valence electrons. The third-order valence-corrected chi connectivity index (χ3v) is 6.24. The lowest BCUT2D eigenvalue weighted by Gasteiger charge is -2.20. The van der Waals surface area contributed by atoms with Gasteiger partial charge < -0.3 is 19.6 Å². The molecule has 4 aromatic rings. The Labute approximate surface area is 196 Å². The number of nitrogens with zero attached hydrogens (tertiary/aromatic N) is 2. The average molecular weight is 466 g/mol. The Kier molecular flexibility index (Phi) is 7.08. The zero-order chi connectivity index (χ0) is 23.4. The number of benzene rings is 2. The van der Waals surface area contributed by atoms with Gasteiger partial charge in [-0.3, -0.25) is 9.69 Å². The third kappa shape index (κ3) is 5.42. The van der Waals surface area contributed by atoms with Crippen LogP contribution in [0.1, 0.15) is 11.4 Å². The number of likely N-dealkylation sites (N-methyl/N-ethyl adjacent to an activating group) is 1. The van der Waals surface area contributed by atoms with Crippen LogP contribution in [0.5, 0.6) is 11.5 Å². The number of fused-ring (bicyclic) bond motifs is 1. The Hall–Kier alpha value is -3.20. The summed E-state index contributed by atoms with van der Waals surface area (Å²) in [5, 5.41) is 13.0. The minimum Gasteiger partial charge on any atom is -0.497 e. The standard InChI is InChI=1S/C25H27N3O4S/c1-16-6-4-5-7-20(16)21-15-33-25-23(21)24(30)26-22(27-25)13-28(2)12-17(29)14-32-19-10-8-18(31-3)9-11-19/h4-11,15,17,29H,12-14H2,1-3H3,(H,26,27,30). The van der Waals surface area contributed by atoms with Crippen LogP contribution in [0.4, 0.5) is 0 Å². The second-order valence-electron chi connectivity index (χ2n) is 7.99. The Bertz CT molecular complexity index is 1280. The van der Waals surface area contributed by atoms with E-state index in [0.717, 1.165) is 22.4 Å². The van der Waals surface area contributed by atoms with Gasteiger partial charge in [0.1, 0.15) is 34.9 Å². The SMILES string of the molecule is COc1ccc(OCC(O)CN(C)Cc2nc3scc(-c4ccccc4C)c3c(=O)[nH]2)cc1. The Morgan fingerprint density at radius 1 is 1.12 bits per heavy atom. The number of aliphatic hydroxyl groups excluding tert-OH is 1. The average Bonchev–Trinajstić information content (AvgIpc) is 3.22. The fourth-order valence-corrected chi connectivity index (χ4v) is 4.70. The van der Waals surface area contributed by atoms with E-state index in [1.807, 2.05) is 48.5 Å². The molecule has 0 amide bonds. The highest BCUT2D eigenvalue weighted by molar-refractivity contribution is 7.17. The summed E-state index contributed by atoms with van der Waals surface area (Å²) < 4.78 is 10.8. The molecule has 2 aromatic carbocycles. The van der Waals surface area contributed by atoms with Crippen molar-refractivity contribution in [2.24, 2.45) is 0 Å². The highest BCUT2D eigenvalue weighted by atomic mass is 32.1. The van der Waals surface area contributed by atoms with Gasteiger partial charge in [0.25, 0.3) is 5.56 Å². The van der Waals surface area contributed by atoms with Crippen LogP contribution in [0.15, 0.2) is 58.7 Å². The minimum absolute atomic E-state index is 0.147. The first-order valence-corrected chi connectivity index (χ1v) is 11.5. The highest BCUT2D eigenvalue weighted by Gasteiger charge is 2.16. The van der Waals surface area contributed by atoms with Gasteiger partial charge in [-0.15, -0.1) is 11.3 Å². The summed E-state index contributed by atoms with van der Waals surface area (Å²) in [4.78, 5) is 23.1. The molecule has 0 bridgehead atoms. The highest BCUT2D eigenvalue weighted by Crippen LogP contribution is 2.32. The zero-order valence-electron chi connectivity index (χ0n) is 18.9. The van der Waals surface area contributed by atoms with Gasteiger partial charge in [0, 0.05) is 17.5 Å². The molecule has 0 aliphatic rings. The third-order valence-electron chi connectivity index (χ3n) is 5.37. The molecule has 0 fully saturated rings. The van der Waals surface area contributed by atoms with E-state index >= 15 is 0 Å². The number of rotatable bonds is 9. The summed E-state index contributed by atoms with van der Waals surface area (Å²) in [5.74, 6) is 1.98. The number of nitrogens with one attached hydrogen (secondary N) is 1. The molecular weight excluding hydrogens is 438 g/mol. The van der Waals surface area contributed by atoms with Crippen molar-refractivity contribution in [2.75, 3.05) is 27.3 Å². The molecule has 0 radical (unpaired) electrons. The maximum absolute atomic E-state index is 12.9. The summed E-state index contributed by atoms with van der Waals surface area (Å²) in [6, 6.07) is 15.2. The van der Waals surface area contributed by atoms with E-state index in [-0.39, 0.29) is 12.2 Å². The number of methoxy groups -OCH3 is 1. The van der Waals surface area contributed by atoms with Gasteiger partial charge in [-0.05, 0) is 49.4 Å². The molecule has 2 heterocycles. The number of ether oxygens (including phenoxy) is 2. The number of thiophene rings is 1. The second kappa shape index (κ2) is 10.2. The van der Waals surface area contributed by atoms with E-state index in [1.165, 1.54) is 11.3 Å². The van der Waals surface area contributed by atoms with E-state index in [0.29, 0.717) is 34.9 Å². The fraction of sp³-hybridized carbons (Fsp3) is 0.280. The van der Waals surface area contributed by atoms with Gasteiger partial charge in [-0.1, -0.05) is 24.3 Å². The van der Waals surface area contributed by atoms with E-state index in [9.17, 15) is 9.90 Å². The van der Waals surface area contributed by atoms with Crippen LogP contribution in [0.3, 0.4) is 0 Å². The van der Waals surface area contributed by atoms with Crippen molar-refractivity contribution in [2.45, 2.75) is 19.6 Å². The number of aromatic nitrogens is 2. The van der Waals surface area contributed by atoms with E-state index < -0.39 is 6.10 Å². The summed E-state index contributed by atoms with van der Waals surface area (Å²) >= 11 is 1.47. The van der Waals surface area contributed by atoms with Crippen LogP contribution in [0.2, 0.25) is 0 Å². The second-order valence-corrected chi connectivity index (χ2v) is 8.85. The van der Waals surface area contributed by atoms with E-state index in [1.54, 1.807) is 31.4 Å². The maximum atomic E-state index is 12.9. The molecule has 1 atom stereocenters. The van der Waals surface area contributed by atoms with Gasteiger partial charge in [0.2, 0.25) is 0 Å². The summed E-state index contributed by atoms with van der Waals surface area (Å²) in [6.07, 6.45) is -0.693. The molecule has 2 aromatic heterocycles. The Balaban J connectivity index is 1.40. The number of H-pyrrole nitrogens is 1. The lowest BCUT2D eigenvalue weighted by atomic mass is 10.0. The lowest BCUT2D eigenvalue weighted by molar-refractivity contribution is 0.0737. The molecule has 33 heavy (non-hydrogen) atoms. The number of hydrogen-bond acceptors (Lipinski definition) is 7. The van der Waals surface area contributed by atoms with Gasteiger partial charge in [-0.25, -0.2) is 4.98 Å². The van der Waals surface area contributed by atoms with Crippen LogP contribution >= 0.6 is 11.3 Å². The van der Waals surface area contributed by atoms with Gasteiger partial charge in [0.15, 0.2) is 0 Å². The van der Waals surface area contributed by atoms with E-state index in [2.05, 4.69) is 9.97 Å². The first kappa shape index (κ1) is 23.0. The first-order valence-electron chi connectivity index (χ1n) is 10.6.